The minimum Gasteiger partial charge on any atom is -0.356 e. The van der Waals surface area contributed by atoms with Gasteiger partial charge < -0.3 is 10.6 Å². The molecule has 1 saturated heterocycles. The summed E-state index contributed by atoms with van der Waals surface area (Å²) in [5.41, 5.74) is 1.43. The maximum atomic E-state index is 4.47. The van der Waals surface area contributed by atoms with Gasteiger partial charge in [-0.2, -0.15) is 0 Å². The number of hydrogen-bond donors (Lipinski definition) is 2. The molecule has 0 radical (unpaired) electrons. The largest absolute Gasteiger partial charge is 0.356 e. The van der Waals surface area contributed by atoms with E-state index in [2.05, 4.69) is 50.9 Å². The lowest BCUT2D eigenvalue weighted by Gasteiger charge is -2.32. The van der Waals surface area contributed by atoms with Gasteiger partial charge in [0.1, 0.15) is 0 Å². The third-order valence-corrected chi connectivity index (χ3v) is 4.41. The lowest BCUT2D eigenvalue weighted by Crippen LogP contribution is -2.44. The van der Waals surface area contributed by atoms with Crippen LogP contribution < -0.4 is 10.6 Å². The molecule has 114 valence electrons. The molecular weight excluding hydrogens is 260 g/mol. The van der Waals surface area contributed by atoms with Gasteiger partial charge in [0.2, 0.25) is 0 Å². The van der Waals surface area contributed by atoms with Crippen LogP contribution in [0.3, 0.4) is 0 Å². The molecule has 1 aromatic rings. The fourth-order valence-corrected chi connectivity index (χ4v) is 3.08. The number of rotatable bonds is 4. The van der Waals surface area contributed by atoms with Gasteiger partial charge in [-0.1, -0.05) is 30.3 Å². The first-order valence-corrected chi connectivity index (χ1v) is 8.18. The summed E-state index contributed by atoms with van der Waals surface area (Å²) in [5, 5.41) is 6.80. The molecule has 0 saturated carbocycles. The van der Waals surface area contributed by atoms with Crippen LogP contribution in [0.25, 0.3) is 0 Å². The first-order valence-electron chi connectivity index (χ1n) is 8.18. The highest BCUT2D eigenvalue weighted by Gasteiger charge is 2.19. The van der Waals surface area contributed by atoms with Gasteiger partial charge in [0, 0.05) is 26.2 Å². The number of nitrogens with zero attached hydrogens (tertiary/aromatic N) is 2. The minimum absolute atomic E-state index is 0.781. The third-order valence-electron chi connectivity index (χ3n) is 4.41. The number of benzene rings is 1. The van der Waals surface area contributed by atoms with Crippen molar-refractivity contribution in [2.24, 2.45) is 10.9 Å². The van der Waals surface area contributed by atoms with E-state index in [0.717, 1.165) is 44.5 Å². The fourth-order valence-electron chi connectivity index (χ4n) is 3.08. The highest BCUT2D eigenvalue weighted by atomic mass is 15.2. The van der Waals surface area contributed by atoms with Crippen LogP contribution in [0.5, 0.6) is 0 Å². The van der Waals surface area contributed by atoms with E-state index in [1.807, 2.05) is 0 Å². The van der Waals surface area contributed by atoms with Crippen LogP contribution in [0.2, 0.25) is 0 Å². The molecule has 0 aliphatic carbocycles. The first kappa shape index (κ1) is 14.4. The van der Waals surface area contributed by atoms with Crippen molar-refractivity contribution in [3.05, 3.63) is 35.9 Å². The highest BCUT2D eigenvalue weighted by molar-refractivity contribution is 5.80. The van der Waals surface area contributed by atoms with E-state index in [1.165, 1.54) is 31.5 Å². The van der Waals surface area contributed by atoms with Gasteiger partial charge in [-0.15, -0.1) is 0 Å². The van der Waals surface area contributed by atoms with Gasteiger partial charge in [0.05, 0.1) is 0 Å². The normalized spacial score (nSPS) is 20.7. The Morgan fingerprint density at radius 3 is 2.71 bits per heavy atom. The van der Waals surface area contributed by atoms with Gasteiger partial charge in [-0.25, -0.2) is 0 Å². The van der Waals surface area contributed by atoms with E-state index in [0.29, 0.717) is 0 Å². The standard InChI is InChI=1S/C17H26N4/c1-2-5-16(6-3-1)14-21-11-7-15(8-12-21)13-20-17-18-9-4-10-19-17/h1-3,5-6,15H,4,7-14H2,(H2,18,19,20). The van der Waals surface area contributed by atoms with Crippen molar-refractivity contribution >= 4 is 5.96 Å². The lowest BCUT2D eigenvalue weighted by atomic mass is 9.96. The monoisotopic (exact) mass is 286 g/mol. The van der Waals surface area contributed by atoms with Crippen molar-refractivity contribution in [3.8, 4) is 0 Å². The summed E-state index contributed by atoms with van der Waals surface area (Å²) in [5.74, 6) is 1.79. The molecule has 0 amide bonds. The molecule has 2 aliphatic heterocycles. The molecule has 0 bridgehead atoms. The summed E-state index contributed by atoms with van der Waals surface area (Å²) < 4.78 is 0. The number of aliphatic imine (C=N–C) groups is 1. The zero-order valence-electron chi connectivity index (χ0n) is 12.7. The van der Waals surface area contributed by atoms with Crippen LogP contribution in [0.15, 0.2) is 35.3 Å². The quantitative estimate of drug-likeness (QED) is 0.887. The van der Waals surface area contributed by atoms with Crippen molar-refractivity contribution in [3.63, 3.8) is 0 Å². The van der Waals surface area contributed by atoms with Gasteiger partial charge in [-0.05, 0) is 43.8 Å². The summed E-state index contributed by atoms with van der Waals surface area (Å²) in [7, 11) is 0. The maximum Gasteiger partial charge on any atom is 0.191 e. The summed E-state index contributed by atoms with van der Waals surface area (Å²) >= 11 is 0. The van der Waals surface area contributed by atoms with E-state index >= 15 is 0 Å². The highest BCUT2D eigenvalue weighted by Crippen LogP contribution is 2.18. The molecule has 0 spiro atoms. The molecule has 2 aliphatic rings. The molecular formula is C17H26N4. The van der Waals surface area contributed by atoms with Gasteiger partial charge in [0.25, 0.3) is 0 Å². The van der Waals surface area contributed by atoms with Crippen LogP contribution in [0.1, 0.15) is 24.8 Å². The Kier molecular flexibility index (Phi) is 5.11. The van der Waals surface area contributed by atoms with Gasteiger partial charge >= 0.3 is 0 Å². The molecule has 1 fully saturated rings. The minimum atomic E-state index is 0.781. The molecule has 4 heteroatoms. The Hall–Kier alpha value is -1.55. The average Bonchev–Trinajstić information content (AvgIpc) is 2.56. The van der Waals surface area contributed by atoms with Gasteiger partial charge in [0.15, 0.2) is 5.96 Å². The van der Waals surface area contributed by atoms with Crippen molar-refractivity contribution in [2.45, 2.75) is 25.8 Å². The Bertz CT molecular complexity index is 449. The first-order chi connectivity index (χ1) is 10.4. The molecule has 4 nitrogen and oxygen atoms in total. The van der Waals surface area contributed by atoms with E-state index in [-0.39, 0.29) is 0 Å². The zero-order valence-corrected chi connectivity index (χ0v) is 12.7. The summed E-state index contributed by atoms with van der Waals surface area (Å²) in [6.07, 6.45) is 3.73. The van der Waals surface area contributed by atoms with E-state index in [9.17, 15) is 0 Å². The molecule has 21 heavy (non-hydrogen) atoms. The second-order valence-corrected chi connectivity index (χ2v) is 6.10. The summed E-state index contributed by atoms with van der Waals surface area (Å²) in [6.45, 7) is 6.59. The second kappa shape index (κ2) is 7.46. The fraction of sp³-hybridized carbons (Fsp3) is 0.588. The molecule has 3 rings (SSSR count). The van der Waals surface area contributed by atoms with Crippen molar-refractivity contribution in [1.29, 1.82) is 0 Å². The average molecular weight is 286 g/mol. The van der Waals surface area contributed by atoms with Crippen LogP contribution in [0, 0.1) is 5.92 Å². The second-order valence-electron chi connectivity index (χ2n) is 6.10. The van der Waals surface area contributed by atoms with Crippen LogP contribution >= 0.6 is 0 Å². The van der Waals surface area contributed by atoms with Crippen molar-refractivity contribution in [1.82, 2.24) is 15.5 Å². The number of piperidine rings is 1. The summed E-state index contributed by atoms with van der Waals surface area (Å²) in [4.78, 5) is 7.04. The van der Waals surface area contributed by atoms with E-state index < -0.39 is 0 Å². The number of nitrogens with one attached hydrogen (secondary N) is 2. The third kappa shape index (κ3) is 4.46. The molecule has 0 aromatic heterocycles. The number of hydrogen-bond acceptors (Lipinski definition) is 4. The number of likely N-dealkylation sites (tertiary alicyclic amines) is 1. The predicted molar refractivity (Wildman–Crippen MR) is 87.4 cm³/mol. The maximum absolute atomic E-state index is 4.47. The topological polar surface area (TPSA) is 39.7 Å². The Balaban J connectivity index is 1.38. The SMILES string of the molecule is c1ccc(CN2CCC(CNC3=NCCCN3)CC2)cc1. The molecule has 1 aromatic carbocycles. The van der Waals surface area contributed by atoms with E-state index in [1.54, 1.807) is 0 Å². The lowest BCUT2D eigenvalue weighted by molar-refractivity contribution is 0.178. The molecule has 0 atom stereocenters. The van der Waals surface area contributed by atoms with Crippen LogP contribution in [-0.2, 0) is 6.54 Å². The smallest absolute Gasteiger partial charge is 0.191 e. The Morgan fingerprint density at radius 1 is 1.19 bits per heavy atom. The van der Waals surface area contributed by atoms with Crippen LogP contribution in [-0.4, -0.2) is 43.6 Å². The number of guanidine groups is 1. The van der Waals surface area contributed by atoms with Crippen molar-refractivity contribution < 1.29 is 0 Å². The van der Waals surface area contributed by atoms with Crippen molar-refractivity contribution in [2.75, 3.05) is 32.7 Å². The van der Waals surface area contributed by atoms with Crippen LogP contribution in [0.4, 0.5) is 0 Å². The molecule has 2 N–H and O–H groups in total. The Morgan fingerprint density at radius 2 is 2.00 bits per heavy atom. The van der Waals surface area contributed by atoms with E-state index in [4.69, 9.17) is 0 Å². The zero-order chi connectivity index (χ0) is 14.3. The Labute approximate surface area is 127 Å². The predicted octanol–water partition coefficient (Wildman–Crippen LogP) is 1.84. The van der Waals surface area contributed by atoms with Gasteiger partial charge in [-0.3, -0.25) is 9.89 Å². The molecule has 0 unspecified atom stereocenters. The molecule has 2 heterocycles. The summed E-state index contributed by atoms with van der Waals surface area (Å²) in [6, 6.07) is 10.8.